The molecule has 0 aromatic heterocycles. The van der Waals surface area contributed by atoms with Crippen LogP contribution >= 0.6 is 15.9 Å². The van der Waals surface area contributed by atoms with E-state index in [1.807, 2.05) is 0 Å². The lowest BCUT2D eigenvalue weighted by atomic mass is 10.3. The molecule has 0 amide bonds. The van der Waals surface area contributed by atoms with Gasteiger partial charge in [0.05, 0.1) is 9.37 Å². The summed E-state index contributed by atoms with van der Waals surface area (Å²) in [6.45, 7) is 0. The van der Waals surface area contributed by atoms with Crippen LogP contribution in [0.3, 0.4) is 0 Å². The number of carboxylic acids is 1. The van der Waals surface area contributed by atoms with Gasteiger partial charge in [-0.25, -0.2) is 12.8 Å². The van der Waals surface area contributed by atoms with Gasteiger partial charge in [0.25, 0.3) is 0 Å². The number of rotatable bonds is 3. The van der Waals surface area contributed by atoms with Gasteiger partial charge in [0.2, 0.25) is 0 Å². The van der Waals surface area contributed by atoms with E-state index in [9.17, 15) is 17.6 Å². The molecular formula is C8H6BrFO4S. The number of carboxylic acid groups (broad SMARTS) is 1. The van der Waals surface area contributed by atoms with Crippen LogP contribution in [0.4, 0.5) is 4.39 Å². The Balaban J connectivity index is 3.17. The summed E-state index contributed by atoms with van der Waals surface area (Å²) in [6.07, 6.45) is 0. The lowest BCUT2D eigenvalue weighted by Gasteiger charge is -2.02. The number of benzene rings is 1. The van der Waals surface area contributed by atoms with E-state index >= 15 is 0 Å². The van der Waals surface area contributed by atoms with Gasteiger partial charge >= 0.3 is 5.97 Å². The average molecular weight is 297 g/mol. The highest BCUT2D eigenvalue weighted by atomic mass is 79.9. The molecule has 1 N–H and O–H groups in total. The Labute approximate surface area is 93.8 Å². The minimum Gasteiger partial charge on any atom is -0.480 e. The largest absolute Gasteiger partial charge is 0.480 e. The van der Waals surface area contributed by atoms with Crippen molar-refractivity contribution in [1.29, 1.82) is 0 Å². The molecule has 1 aromatic rings. The maximum atomic E-state index is 12.8. The molecule has 0 fully saturated rings. The van der Waals surface area contributed by atoms with Crippen LogP contribution in [0, 0.1) is 5.82 Å². The Morgan fingerprint density at radius 3 is 2.53 bits per heavy atom. The molecule has 15 heavy (non-hydrogen) atoms. The molecule has 1 rings (SSSR count). The lowest BCUT2D eigenvalue weighted by Crippen LogP contribution is -2.15. The second-order valence-electron chi connectivity index (χ2n) is 2.73. The zero-order valence-corrected chi connectivity index (χ0v) is 9.68. The van der Waals surface area contributed by atoms with Crippen molar-refractivity contribution in [3.63, 3.8) is 0 Å². The van der Waals surface area contributed by atoms with Gasteiger partial charge in [-0.2, -0.15) is 0 Å². The number of hydrogen-bond donors (Lipinski definition) is 1. The molecule has 0 heterocycles. The predicted octanol–water partition coefficient (Wildman–Crippen LogP) is 1.45. The maximum Gasteiger partial charge on any atom is 0.319 e. The highest BCUT2D eigenvalue weighted by Gasteiger charge is 2.19. The quantitative estimate of drug-likeness (QED) is 0.857. The summed E-state index contributed by atoms with van der Waals surface area (Å²) >= 11 is 2.82. The second-order valence-corrected chi connectivity index (χ2v) is 5.57. The predicted molar refractivity (Wildman–Crippen MR) is 53.8 cm³/mol. The van der Waals surface area contributed by atoms with Crippen LogP contribution in [0.2, 0.25) is 0 Å². The van der Waals surface area contributed by atoms with Gasteiger partial charge in [-0.3, -0.25) is 4.79 Å². The molecule has 0 radical (unpaired) electrons. The van der Waals surface area contributed by atoms with Crippen LogP contribution in [0.15, 0.2) is 27.6 Å². The molecule has 0 spiro atoms. The summed E-state index contributed by atoms with van der Waals surface area (Å²) in [7, 11) is -3.90. The van der Waals surface area contributed by atoms with Crippen molar-refractivity contribution in [2.75, 3.05) is 5.75 Å². The molecule has 4 nitrogen and oxygen atoms in total. The number of carbonyl (C=O) groups is 1. The maximum absolute atomic E-state index is 12.8. The summed E-state index contributed by atoms with van der Waals surface area (Å²) in [5.41, 5.74) is 0. The summed E-state index contributed by atoms with van der Waals surface area (Å²) in [4.78, 5) is 10.1. The number of sulfone groups is 1. The normalized spacial score (nSPS) is 11.3. The highest BCUT2D eigenvalue weighted by molar-refractivity contribution is 9.10. The van der Waals surface area contributed by atoms with E-state index in [-0.39, 0.29) is 9.37 Å². The van der Waals surface area contributed by atoms with Crippen LogP contribution in [-0.2, 0) is 14.6 Å². The SMILES string of the molecule is O=C(O)CS(=O)(=O)c1ccc(F)c(Br)c1. The standard InChI is InChI=1S/C8H6BrFO4S/c9-6-3-5(1-2-7(6)10)15(13,14)4-8(11)12/h1-3H,4H2,(H,11,12). The molecule has 0 unspecified atom stereocenters. The molecular weight excluding hydrogens is 291 g/mol. The monoisotopic (exact) mass is 296 g/mol. The van der Waals surface area contributed by atoms with Crippen molar-refractivity contribution in [2.24, 2.45) is 0 Å². The van der Waals surface area contributed by atoms with Gasteiger partial charge < -0.3 is 5.11 Å². The number of hydrogen-bond acceptors (Lipinski definition) is 3. The molecule has 7 heteroatoms. The number of halogens is 2. The first-order chi connectivity index (χ1) is 6.83. The van der Waals surface area contributed by atoms with E-state index in [4.69, 9.17) is 5.11 Å². The van der Waals surface area contributed by atoms with Gasteiger partial charge in [-0.1, -0.05) is 0 Å². The Kier molecular flexibility index (Phi) is 3.46. The highest BCUT2D eigenvalue weighted by Crippen LogP contribution is 2.20. The van der Waals surface area contributed by atoms with E-state index in [2.05, 4.69) is 15.9 Å². The summed E-state index contributed by atoms with van der Waals surface area (Å²) in [6, 6.07) is 3.02. The third kappa shape index (κ3) is 3.00. The van der Waals surface area contributed by atoms with Crippen LogP contribution in [0.1, 0.15) is 0 Å². The Morgan fingerprint density at radius 2 is 2.07 bits per heavy atom. The molecule has 0 atom stereocenters. The van der Waals surface area contributed by atoms with Crippen molar-refractivity contribution < 1.29 is 22.7 Å². The fourth-order valence-electron chi connectivity index (χ4n) is 0.916. The first-order valence-electron chi connectivity index (χ1n) is 3.72. The molecule has 0 bridgehead atoms. The van der Waals surface area contributed by atoms with Crippen molar-refractivity contribution in [2.45, 2.75) is 4.90 Å². The first-order valence-corrected chi connectivity index (χ1v) is 6.17. The van der Waals surface area contributed by atoms with E-state index in [1.54, 1.807) is 0 Å². The summed E-state index contributed by atoms with van der Waals surface area (Å²) < 4.78 is 35.5. The summed E-state index contributed by atoms with van der Waals surface area (Å²) in [5.74, 6) is -3.06. The lowest BCUT2D eigenvalue weighted by molar-refractivity contribution is -0.134. The zero-order valence-electron chi connectivity index (χ0n) is 7.28. The fraction of sp³-hybridized carbons (Fsp3) is 0.125. The van der Waals surface area contributed by atoms with E-state index in [0.717, 1.165) is 18.2 Å². The average Bonchev–Trinajstić information content (AvgIpc) is 2.07. The van der Waals surface area contributed by atoms with Crippen molar-refractivity contribution >= 4 is 31.7 Å². The van der Waals surface area contributed by atoms with Crippen LogP contribution in [-0.4, -0.2) is 25.2 Å². The smallest absolute Gasteiger partial charge is 0.319 e. The molecule has 0 aliphatic rings. The zero-order chi connectivity index (χ0) is 11.6. The topological polar surface area (TPSA) is 71.4 Å². The fourth-order valence-corrected chi connectivity index (χ4v) is 2.51. The van der Waals surface area contributed by atoms with Crippen LogP contribution in [0.25, 0.3) is 0 Å². The molecule has 0 saturated heterocycles. The number of aliphatic carboxylic acids is 1. The van der Waals surface area contributed by atoms with Crippen LogP contribution < -0.4 is 0 Å². The molecule has 82 valence electrons. The summed E-state index contributed by atoms with van der Waals surface area (Å²) in [5, 5.41) is 8.37. The van der Waals surface area contributed by atoms with Gasteiger partial charge in [0.1, 0.15) is 5.82 Å². The van der Waals surface area contributed by atoms with Crippen molar-refractivity contribution in [3.8, 4) is 0 Å². The first kappa shape index (κ1) is 12.1. The van der Waals surface area contributed by atoms with Crippen molar-refractivity contribution in [1.82, 2.24) is 0 Å². The minimum atomic E-state index is -3.90. The van der Waals surface area contributed by atoms with Gasteiger partial charge in [0, 0.05) is 0 Å². The Bertz CT molecular complexity index is 497. The van der Waals surface area contributed by atoms with Gasteiger partial charge in [-0.05, 0) is 34.1 Å². The molecule has 0 saturated carbocycles. The van der Waals surface area contributed by atoms with E-state index in [0.29, 0.717) is 0 Å². The Hall–Kier alpha value is -0.950. The van der Waals surface area contributed by atoms with E-state index in [1.165, 1.54) is 0 Å². The molecule has 0 aliphatic heterocycles. The van der Waals surface area contributed by atoms with Crippen molar-refractivity contribution in [3.05, 3.63) is 28.5 Å². The third-order valence-corrected chi connectivity index (χ3v) is 3.77. The third-order valence-electron chi connectivity index (χ3n) is 1.56. The van der Waals surface area contributed by atoms with Gasteiger partial charge in [-0.15, -0.1) is 0 Å². The van der Waals surface area contributed by atoms with Crippen LogP contribution in [0.5, 0.6) is 0 Å². The van der Waals surface area contributed by atoms with Gasteiger partial charge in [0.15, 0.2) is 15.6 Å². The second kappa shape index (κ2) is 4.28. The molecule has 0 aliphatic carbocycles. The minimum absolute atomic E-state index is 0.0195. The molecule has 1 aromatic carbocycles. The Morgan fingerprint density at radius 1 is 1.47 bits per heavy atom. The van der Waals surface area contributed by atoms with E-state index < -0.39 is 27.4 Å².